The molecule has 1 fully saturated rings. The molecule has 33 heavy (non-hydrogen) atoms. The third-order valence-corrected chi connectivity index (χ3v) is 9.67. The number of nitrogens with one attached hydrogen (secondary N) is 1. The second kappa shape index (κ2) is 9.56. The first-order valence-electron chi connectivity index (χ1n) is 11.4. The number of benzene rings is 1. The number of thiophene rings is 1. The Kier molecular flexibility index (Phi) is 6.93. The van der Waals surface area contributed by atoms with Crippen LogP contribution < -0.4 is 10.2 Å². The van der Waals surface area contributed by atoms with Gasteiger partial charge in [0.2, 0.25) is 21.8 Å². The summed E-state index contributed by atoms with van der Waals surface area (Å²) in [6.45, 7) is 6.83. The highest BCUT2D eigenvalue weighted by Gasteiger charge is 2.34. The number of hydrogen-bond donors (Lipinski definition) is 1. The predicted molar refractivity (Wildman–Crippen MR) is 130 cm³/mol. The first-order chi connectivity index (χ1) is 15.7. The Bertz CT molecular complexity index is 1150. The monoisotopic (exact) mass is 489 g/mol. The molecule has 0 aliphatic carbocycles. The van der Waals surface area contributed by atoms with Crippen molar-refractivity contribution in [2.45, 2.75) is 57.4 Å². The van der Waals surface area contributed by atoms with Gasteiger partial charge in [-0.05, 0) is 80.3 Å². The molecule has 3 heterocycles. The normalized spacial score (nSPS) is 19.5. The van der Waals surface area contributed by atoms with Gasteiger partial charge in [0, 0.05) is 49.1 Å². The average Bonchev–Trinajstić information content (AvgIpc) is 3.34. The predicted octanol–water partition coefficient (Wildman–Crippen LogP) is 3.11. The van der Waals surface area contributed by atoms with Crippen LogP contribution in [0.25, 0.3) is 0 Å². The summed E-state index contributed by atoms with van der Waals surface area (Å²) in [4.78, 5) is 27.8. The van der Waals surface area contributed by atoms with E-state index in [4.69, 9.17) is 0 Å². The number of fused-ring (bicyclic) bond motifs is 1. The zero-order valence-corrected chi connectivity index (χ0v) is 21.0. The van der Waals surface area contributed by atoms with E-state index >= 15 is 0 Å². The van der Waals surface area contributed by atoms with Gasteiger partial charge in [-0.1, -0.05) is 0 Å². The lowest BCUT2D eigenvalue weighted by atomic mass is 9.97. The van der Waals surface area contributed by atoms with E-state index in [9.17, 15) is 18.0 Å². The molecule has 1 saturated heterocycles. The van der Waals surface area contributed by atoms with Crippen molar-refractivity contribution in [3.63, 3.8) is 0 Å². The molecule has 9 heteroatoms. The van der Waals surface area contributed by atoms with Crippen LogP contribution in [0.3, 0.4) is 0 Å². The number of rotatable bonds is 6. The molecule has 178 valence electrons. The lowest BCUT2D eigenvalue weighted by Gasteiger charge is -2.30. The molecule has 2 aromatic rings. The molecular formula is C24H31N3O4S2. The molecule has 0 bridgehead atoms. The average molecular weight is 490 g/mol. The molecule has 2 aliphatic heterocycles. The molecule has 2 amide bonds. The quantitative estimate of drug-likeness (QED) is 0.676. The third-order valence-electron chi connectivity index (χ3n) is 6.69. The number of sulfonamides is 1. The number of nitrogens with zero attached hydrogens (tertiary/aromatic N) is 2. The minimum atomic E-state index is -3.64. The van der Waals surface area contributed by atoms with Gasteiger partial charge < -0.3 is 10.2 Å². The summed E-state index contributed by atoms with van der Waals surface area (Å²) in [5.41, 5.74) is 2.93. The Labute approximate surface area is 199 Å². The number of amides is 2. The maximum absolute atomic E-state index is 13.2. The second-order valence-corrected chi connectivity index (χ2v) is 11.9. The van der Waals surface area contributed by atoms with E-state index < -0.39 is 10.0 Å². The summed E-state index contributed by atoms with van der Waals surface area (Å²) in [6.07, 6.45) is 2.50. The van der Waals surface area contributed by atoms with Crippen LogP contribution in [0.1, 0.15) is 42.7 Å². The largest absolute Gasteiger partial charge is 0.355 e. The lowest BCUT2D eigenvalue weighted by Crippen LogP contribution is -2.43. The van der Waals surface area contributed by atoms with Crippen LogP contribution in [-0.4, -0.2) is 50.2 Å². The van der Waals surface area contributed by atoms with Crippen LogP contribution in [0.2, 0.25) is 0 Å². The second-order valence-electron chi connectivity index (χ2n) is 8.98. The van der Waals surface area contributed by atoms with Crippen LogP contribution >= 0.6 is 11.3 Å². The zero-order valence-electron chi connectivity index (χ0n) is 19.3. The summed E-state index contributed by atoms with van der Waals surface area (Å²) in [5, 5.41) is 5.08. The van der Waals surface area contributed by atoms with Gasteiger partial charge in [-0.15, -0.1) is 11.3 Å². The topological polar surface area (TPSA) is 86.8 Å². The molecule has 0 radical (unpaired) electrons. The lowest BCUT2D eigenvalue weighted by molar-refractivity contribution is -0.126. The summed E-state index contributed by atoms with van der Waals surface area (Å²) >= 11 is 1.70. The fraction of sp³-hybridized carbons (Fsp3) is 0.500. The highest BCUT2D eigenvalue weighted by atomic mass is 32.2. The van der Waals surface area contributed by atoms with E-state index in [0.717, 1.165) is 17.7 Å². The van der Waals surface area contributed by atoms with E-state index in [1.54, 1.807) is 34.4 Å². The van der Waals surface area contributed by atoms with Crippen LogP contribution in [0, 0.1) is 12.8 Å². The van der Waals surface area contributed by atoms with Gasteiger partial charge in [0.1, 0.15) is 0 Å². The Morgan fingerprint density at radius 3 is 2.55 bits per heavy atom. The minimum absolute atomic E-state index is 0.0112. The molecule has 1 aromatic heterocycles. The van der Waals surface area contributed by atoms with Gasteiger partial charge in [-0.2, -0.15) is 4.31 Å². The Balaban J connectivity index is 1.34. The standard InChI is InChI=1S/C24H31N3O4S2/c1-16-9-13-32-23(16)6-10-25-24(29)19-7-11-26(12-8-19)33(30,31)21-4-5-22-20(15-21)14-17(2)27(22)18(3)28/h4-5,9,13,15,17,19H,6-8,10-12,14H2,1-3H3,(H,25,29). The molecule has 1 aromatic carbocycles. The molecule has 0 spiro atoms. The number of anilines is 1. The maximum Gasteiger partial charge on any atom is 0.243 e. The Hall–Kier alpha value is -2.23. The zero-order chi connectivity index (χ0) is 23.8. The number of piperidine rings is 1. The van der Waals surface area contributed by atoms with Crippen molar-refractivity contribution in [3.8, 4) is 0 Å². The van der Waals surface area contributed by atoms with Crippen LogP contribution in [-0.2, 0) is 32.5 Å². The molecule has 0 saturated carbocycles. The number of carbonyl (C=O) groups excluding carboxylic acids is 2. The van der Waals surface area contributed by atoms with Crippen LogP contribution in [0.15, 0.2) is 34.5 Å². The van der Waals surface area contributed by atoms with Crippen molar-refractivity contribution in [2.75, 3.05) is 24.5 Å². The third kappa shape index (κ3) is 4.85. The summed E-state index contributed by atoms with van der Waals surface area (Å²) in [7, 11) is -3.64. The van der Waals surface area contributed by atoms with E-state index in [-0.39, 0.29) is 28.7 Å². The van der Waals surface area contributed by atoms with E-state index in [1.807, 2.05) is 6.92 Å². The van der Waals surface area contributed by atoms with Crippen molar-refractivity contribution < 1.29 is 18.0 Å². The molecule has 1 N–H and O–H groups in total. The summed E-state index contributed by atoms with van der Waals surface area (Å²) < 4.78 is 28.0. The minimum Gasteiger partial charge on any atom is -0.355 e. The van der Waals surface area contributed by atoms with Crippen molar-refractivity contribution in [2.24, 2.45) is 5.92 Å². The van der Waals surface area contributed by atoms with E-state index in [0.29, 0.717) is 38.9 Å². The highest BCUT2D eigenvalue weighted by molar-refractivity contribution is 7.89. The van der Waals surface area contributed by atoms with Gasteiger partial charge in [0.15, 0.2) is 0 Å². The van der Waals surface area contributed by atoms with Gasteiger partial charge >= 0.3 is 0 Å². The number of carbonyl (C=O) groups is 2. The molecule has 2 aliphatic rings. The Morgan fingerprint density at radius 1 is 1.18 bits per heavy atom. The smallest absolute Gasteiger partial charge is 0.243 e. The van der Waals surface area contributed by atoms with Gasteiger partial charge in [0.25, 0.3) is 0 Å². The van der Waals surface area contributed by atoms with Gasteiger partial charge in [-0.3, -0.25) is 9.59 Å². The van der Waals surface area contributed by atoms with E-state index in [2.05, 4.69) is 23.7 Å². The van der Waals surface area contributed by atoms with Gasteiger partial charge in [-0.25, -0.2) is 8.42 Å². The van der Waals surface area contributed by atoms with E-state index in [1.165, 1.54) is 21.7 Å². The molecule has 1 atom stereocenters. The van der Waals surface area contributed by atoms with Crippen LogP contribution in [0.4, 0.5) is 5.69 Å². The highest BCUT2D eigenvalue weighted by Crippen LogP contribution is 2.35. The number of hydrogen-bond acceptors (Lipinski definition) is 5. The SMILES string of the molecule is CC(=O)N1c2ccc(S(=O)(=O)N3CCC(C(=O)NCCc4sccc4C)CC3)cc2CC1C. The molecule has 4 rings (SSSR count). The fourth-order valence-corrected chi connectivity index (χ4v) is 7.29. The molecule has 1 unspecified atom stereocenters. The summed E-state index contributed by atoms with van der Waals surface area (Å²) in [5.74, 6) is -0.189. The van der Waals surface area contributed by atoms with Crippen molar-refractivity contribution in [3.05, 3.63) is 45.6 Å². The fourth-order valence-electron chi connectivity index (χ4n) is 4.86. The first kappa shape index (κ1) is 23.9. The number of aryl methyl sites for hydroxylation is 1. The maximum atomic E-state index is 13.2. The summed E-state index contributed by atoms with van der Waals surface area (Å²) in [6, 6.07) is 7.14. The van der Waals surface area contributed by atoms with Crippen molar-refractivity contribution >= 4 is 38.9 Å². The molecule has 7 nitrogen and oxygen atoms in total. The van der Waals surface area contributed by atoms with Gasteiger partial charge in [0.05, 0.1) is 4.90 Å². The Morgan fingerprint density at radius 2 is 1.91 bits per heavy atom. The van der Waals surface area contributed by atoms with Crippen molar-refractivity contribution in [1.29, 1.82) is 0 Å². The van der Waals surface area contributed by atoms with Crippen molar-refractivity contribution in [1.82, 2.24) is 9.62 Å². The van der Waals surface area contributed by atoms with Crippen LogP contribution in [0.5, 0.6) is 0 Å². The first-order valence-corrected chi connectivity index (χ1v) is 13.7. The molecular weight excluding hydrogens is 458 g/mol.